The largest absolute Gasteiger partial charge is 0.456 e. The number of rotatable bonds is 4. The van der Waals surface area contributed by atoms with Crippen molar-refractivity contribution in [1.82, 2.24) is 9.55 Å². The van der Waals surface area contributed by atoms with E-state index in [2.05, 4.69) is 4.98 Å². The number of ether oxygens (including phenoxy) is 1. The zero-order chi connectivity index (χ0) is 18.1. The molecule has 3 rings (SSSR count). The van der Waals surface area contributed by atoms with E-state index >= 15 is 0 Å². The van der Waals surface area contributed by atoms with Gasteiger partial charge in [-0.2, -0.15) is 0 Å². The van der Waals surface area contributed by atoms with Gasteiger partial charge in [-0.1, -0.05) is 12.1 Å². The predicted molar refractivity (Wildman–Crippen MR) is 91.8 cm³/mol. The first kappa shape index (κ1) is 16.8. The van der Waals surface area contributed by atoms with E-state index < -0.39 is 10.9 Å². The van der Waals surface area contributed by atoms with Crippen LogP contribution in [-0.4, -0.2) is 20.4 Å². The number of benzene rings is 1. The normalized spacial score (nSPS) is 10.8. The van der Waals surface area contributed by atoms with Gasteiger partial charge in [0, 0.05) is 13.1 Å². The van der Waals surface area contributed by atoms with Gasteiger partial charge < -0.3 is 9.30 Å². The van der Waals surface area contributed by atoms with Crippen molar-refractivity contribution in [2.45, 2.75) is 13.5 Å². The van der Waals surface area contributed by atoms with Crippen LogP contribution in [0.3, 0.4) is 0 Å². The summed E-state index contributed by atoms with van der Waals surface area (Å²) < 4.78 is 6.55. The molecule has 0 saturated heterocycles. The van der Waals surface area contributed by atoms with Crippen LogP contribution in [0.1, 0.15) is 20.8 Å². The summed E-state index contributed by atoms with van der Waals surface area (Å²) >= 11 is 1.07. The standard InChI is InChI=1S/C16H13N3O5S/c1-9-12-14(17-8-18(2)15(12)20)25-13(9)16(21)24-7-10-5-3-4-6-11(10)19(22)23/h3-6,8H,7H2,1-2H3. The topological polar surface area (TPSA) is 104 Å². The second kappa shape index (κ2) is 6.44. The monoisotopic (exact) mass is 359 g/mol. The van der Waals surface area contributed by atoms with Crippen LogP contribution in [0.5, 0.6) is 0 Å². The minimum Gasteiger partial charge on any atom is -0.456 e. The highest BCUT2D eigenvalue weighted by molar-refractivity contribution is 7.20. The lowest BCUT2D eigenvalue weighted by atomic mass is 10.2. The number of nitrogens with zero attached hydrogens (tertiary/aromatic N) is 3. The van der Waals surface area contributed by atoms with Gasteiger partial charge in [0.15, 0.2) is 0 Å². The van der Waals surface area contributed by atoms with Crippen LogP contribution >= 0.6 is 11.3 Å². The maximum absolute atomic E-state index is 12.4. The Bertz CT molecular complexity index is 1050. The van der Waals surface area contributed by atoms with Crippen LogP contribution in [0.25, 0.3) is 10.2 Å². The molecule has 0 saturated carbocycles. The Morgan fingerprint density at radius 3 is 2.84 bits per heavy atom. The van der Waals surface area contributed by atoms with Crippen molar-refractivity contribution in [2.24, 2.45) is 7.05 Å². The molecule has 0 aliphatic heterocycles. The summed E-state index contributed by atoms with van der Waals surface area (Å²) in [6, 6.07) is 6.05. The molecule has 0 atom stereocenters. The van der Waals surface area contributed by atoms with E-state index in [0.29, 0.717) is 21.3 Å². The number of thiophene rings is 1. The van der Waals surface area contributed by atoms with Crippen LogP contribution in [0.4, 0.5) is 5.69 Å². The van der Waals surface area contributed by atoms with Crippen LogP contribution in [0, 0.1) is 17.0 Å². The highest BCUT2D eigenvalue weighted by Gasteiger charge is 2.21. The molecule has 0 spiro atoms. The Balaban J connectivity index is 1.89. The number of nitro benzene ring substituents is 1. The molecule has 0 radical (unpaired) electrons. The predicted octanol–water partition coefficient (Wildman–Crippen LogP) is 2.57. The van der Waals surface area contributed by atoms with Crippen molar-refractivity contribution in [3.63, 3.8) is 0 Å². The SMILES string of the molecule is Cc1c(C(=O)OCc2ccccc2[N+](=O)[O-])sc2ncn(C)c(=O)c12. The number of para-hydroxylation sites is 1. The number of hydrogen-bond acceptors (Lipinski definition) is 7. The molecule has 2 heterocycles. The zero-order valence-corrected chi connectivity index (χ0v) is 14.2. The molecular formula is C16H13N3O5S. The van der Waals surface area contributed by atoms with Gasteiger partial charge in [-0.05, 0) is 18.6 Å². The van der Waals surface area contributed by atoms with Crippen LogP contribution in [0.2, 0.25) is 0 Å². The lowest BCUT2D eigenvalue weighted by Gasteiger charge is -2.05. The van der Waals surface area contributed by atoms with Gasteiger partial charge in [0.25, 0.3) is 11.2 Å². The minimum atomic E-state index is -0.638. The Morgan fingerprint density at radius 1 is 1.40 bits per heavy atom. The van der Waals surface area contributed by atoms with E-state index in [9.17, 15) is 19.7 Å². The van der Waals surface area contributed by atoms with E-state index in [1.165, 1.54) is 23.0 Å². The number of esters is 1. The van der Waals surface area contributed by atoms with E-state index in [1.807, 2.05) is 0 Å². The molecular weight excluding hydrogens is 346 g/mol. The molecule has 0 bridgehead atoms. The maximum Gasteiger partial charge on any atom is 0.349 e. The fourth-order valence-corrected chi connectivity index (χ4v) is 3.46. The minimum absolute atomic E-state index is 0.112. The highest BCUT2D eigenvalue weighted by Crippen LogP contribution is 2.28. The van der Waals surface area contributed by atoms with E-state index in [0.717, 1.165) is 11.3 Å². The molecule has 9 heteroatoms. The fourth-order valence-electron chi connectivity index (χ4n) is 2.42. The number of fused-ring (bicyclic) bond motifs is 1. The molecule has 0 amide bonds. The van der Waals surface area contributed by atoms with Crippen LogP contribution in [0.15, 0.2) is 35.4 Å². The van der Waals surface area contributed by atoms with E-state index in [4.69, 9.17) is 4.74 Å². The molecule has 0 unspecified atom stereocenters. The highest BCUT2D eigenvalue weighted by atomic mass is 32.1. The van der Waals surface area contributed by atoms with Crippen LogP contribution in [-0.2, 0) is 18.4 Å². The summed E-state index contributed by atoms with van der Waals surface area (Å²) in [6.45, 7) is 1.43. The molecule has 8 nitrogen and oxygen atoms in total. The summed E-state index contributed by atoms with van der Waals surface area (Å²) in [4.78, 5) is 39.9. The van der Waals surface area contributed by atoms with Gasteiger partial charge in [0.2, 0.25) is 0 Å². The van der Waals surface area contributed by atoms with Gasteiger partial charge in [-0.3, -0.25) is 14.9 Å². The maximum atomic E-state index is 12.4. The molecule has 25 heavy (non-hydrogen) atoms. The zero-order valence-electron chi connectivity index (χ0n) is 13.4. The third kappa shape index (κ3) is 3.01. The first-order valence-corrected chi connectivity index (χ1v) is 8.06. The number of nitro groups is 1. The van der Waals surface area contributed by atoms with Gasteiger partial charge in [-0.15, -0.1) is 11.3 Å². The molecule has 0 fully saturated rings. The second-order valence-corrected chi connectivity index (χ2v) is 6.36. The van der Waals surface area contributed by atoms with Gasteiger partial charge in [-0.25, -0.2) is 9.78 Å². The first-order valence-electron chi connectivity index (χ1n) is 7.24. The van der Waals surface area contributed by atoms with E-state index in [-0.39, 0.29) is 22.7 Å². The molecule has 2 aromatic heterocycles. The quantitative estimate of drug-likeness (QED) is 0.403. The number of aryl methyl sites for hydroxylation is 2. The molecule has 0 aliphatic rings. The molecule has 0 N–H and O–H groups in total. The second-order valence-electron chi connectivity index (χ2n) is 5.36. The number of hydrogen-bond donors (Lipinski definition) is 0. The lowest BCUT2D eigenvalue weighted by molar-refractivity contribution is -0.385. The number of carbonyl (C=O) groups is 1. The summed E-state index contributed by atoms with van der Waals surface area (Å²) in [5, 5.41) is 11.4. The van der Waals surface area contributed by atoms with Crippen molar-refractivity contribution >= 4 is 33.2 Å². The van der Waals surface area contributed by atoms with Gasteiger partial charge in [0.05, 0.1) is 22.2 Å². The summed E-state index contributed by atoms with van der Waals surface area (Å²) in [5.74, 6) is -0.638. The fraction of sp³-hybridized carbons (Fsp3) is 0.188. The van der Waals surface area contributed by atoms with Gasteiger partial charge in [0.1, 0.15) is 16.3 Å². The Kier molecular flexibility index (Phi) is 4.32. The van der Waals surface area contributed by atoms with Crippen molar-refractivity contribution in [1.29, 1.82) is 0 Å². The van der Waals surface area contributed by atoms with E-state index in [1.54, 1.807) is 26.1 Å². The summed E-state index contributed by atoms with van der Waals surface area (Å²) in [7, 11) is 1.58. The van der Waals surface area contributed by atoms with Gasteiger partial charge >= 0.3 is 5.97 Å². The Labute approximate surface area is 145 Å². The van der Waals surface area contributed by atoms with Crippen molar-refractivity contribution in [3.05, 3.63) is 67.1 Å². The average molecular weight is 359 g/mol. The first-order chi connectivity index (χ1) is 11.9. The Morgan fingerprint density at radius 2 is 2.12 bits per heavy atom. The lowest BCUT2D eigenvalue weighted by Crippen LogP contribution is -2.16. The Hall–Kier alpha value is -3.07. The number of aromatic nitrogens is 2. The van der Waals surface area contributed by atoms with Crippen LogP contribution < -0.4 is 5.56 Å². The summed E-state index contributed by atoms with van der Waals surface area (Å²) in [5.41, 5.74) is 0.449. The average Bonchev–Trinajstić information content (AvgIpc) is 2.93. The van der Waals surface area contributed by atoms with Crippen molar-refractivity contribution in [2.75, 3.05) is 0 Å². The third-order valence-corrected chi connectivity index (χ3v) is 4.92. The number of carbonyl (C=O) groups excluding carboxylic acids is 1. The third-order valence-electron chi connectivity index (χ3n) is 3.74. The van der Waals surface area contributed by atoms with Crippen molar-refractivity contribution in [3.8, 4) is 0 Å². The molecule has 1 aromatic carbocycles. The molecule has 0 aliphatic carbocycles. The summed E-state index contributed by atoms with van der Waals surface area (Å²) in [6.07, 6.45) is 1.39. The molecule has 3 aromatic rings. The smallest absolute Gasteiger partial charge is 0.349 e. The molecule has 128 valence electrons. The van der Waals surface area contributed by atoms with Crippen molar-refractivity contribution < 1.29 is 14.5 Å².